The van der Waals surface area contributed by atoms with Gasteiger partial charge in [0.15, 0.2) is 12.2 Å². The molecule has 702 valence electrons. The van der Waals surface area contributed by atoms with Crippen molar-refractivity contribution >= 4 is 49.6 Å². The summed E-state index contributed by atoms with van der Waals surface area (Å²) in [6, 6.07) is 0. The number of allylic oxidation sites excluding steroid dienone is 10. The molecule has 0 amide bonds. The van der Waals surface area contributed by atoms with Crippen molar-refractivity contribution in [3.05, 3.63) is 110 Å². The number of hydrazone groups is 2. The number of carbonyl (C=O) groups excluding carboxylic acids is 1. The van der Waals surface area contributed by atoms with Crippen LogP contribution in [0.4, 0.5) is 0 Å². The largest absolute Gasteiger partial charge is 0.480 e. The minimum Gasteiger partial charge on any atom is -0.480 e. The number of hydrazine groups is 1. The summed E-state index contributed by atoms with van der Waals surface area (Å²) in [4.78, 5) is 29.8. The van der Waals surface area contributed by atoms with Crippen LogP contribution in [0.15, 0.2) is 145 Å². The predicted octanol–water partition coefficient (Wildman–Crippen LogP) is 35.6. The van der Waals surface area contributed by atoms with Gasteiger partial charge in [-0.25, -0.2) is 5.43 Å². The van der Waals surface area contributed by atoms with Crippen LogP contribution in [0.3, 0.4) is 0 Å². The van der Waals surface area contributed by atoms with Crippen molar-refractivity contribution < 1.29 is 9.53 Å². The number of ether oxygens (including phenoxy) is 1. The van der Waals surface area contributed by atoms with Gasteiger partial charge in [-0.3, -0.25) is 29.8 Å². The van der Waals surface area contributed by atoms with Crippen LogP contribution in [0.2, 0.25) is 0 Å². The molecule has 2 saturated carbocycles. The van der Waals surface area contributed by atoms with Crippen molar-refractivity contribution in [1.82, 2.24) is 21.7 Å². The van der Waals surface area contributed by atoms with E-state index in [4.69, 9.17) is 4.74 Å². The standard InChI is InChI=1S/C7H12.C7H10.C6H9N.C6H10.C6H8.C5H7NO.2C5H7N.C4H8N2.C3H7N3.C3H6N2O.22C2H6.CH4/c2*1-7-5-3-2-4-6-7;1-6-4-2-3-5-7-6;2*1-6-4-2-3-5-6;7-5-2-1-3-6-4-5;1-5-2-3-6-4-5;1-5-3-2-4-6-5;1-2-4-6-5-3-1;1-2-5-6-3-4-1;1-2-6-3-5-4-1;22*1-2;/h1-6H2;3,5H,1-2,4,6H2;5H,1-4H2;1-5H2;2,4H,1,3,5H2;4H,1-3H2;2*4H,1-3H2;3,6H,1-2,4H2;3,5H,1-2H2,(H,4,6);3-4H,1-2H2;22*1-2H3;1H4. The monoisotopic (exact) mass is 1640 g/mol. The zero-order valence-corrected chi connectivity index (χ0v) is 87.2. The average Bonchev–Trinajstić information content (AvgIpc) is 1.88. The number of hydrogen-bond acceptors (Lipinski definition) is 13. The Bertz CT molecular complexity index is 1600. The lowest BCUT2D eigenvalue weighted by Crippen LogP contribution is -2.36. The summed E-state index contributed by atoms with van der Waals surface area (Å²) in [5, 5.41) is 7.38. The van der Waals surface area contributed by atoms with E-state index >= 15 is 0 Å². The quantitative estimate of drug-likeness (QED) is 0.177. The molecule has 13 heteroatoms. The molecule has 0 aromatic carbocycles. The van der Waals surface area contributed by atoms with Gasteiger partial charge in [0, 0.05) is 68.9 Å². The van der Waals surface area contributed by atoms with Crippen molar-refractivity contribution in [2.45, 2.75) is 466 Å². The minimum atomic E-state index is 0. The van der Waals surface area contributed by atoms with E-state index < -0.39 is 0 Å². The van der Waals surface area contributed by atoms with Gasteiger partial charge in [0.05, 0.1) is 25.6 Å². The molecule has 0 unspecified atom stereocenters. The van der Waals surface area contributed by atoms with Crippen molar-refractivity contribution in [3.8, 4) is 0 Å². The van der Waals surface area contributed by atoms with Crippen molar-refractivity contribution in [3.63, 3.8) is 0 Å². The number of rotatable bonds is 0. The van der Waals surface area contributed by atoms with Gasteiger partial charge < -0.3 is 21.0 Å². The van der Waals surface area contributed by atoms with Crippen LogP contribution in [-0.4, -0.2) is 95.5 Å². The summed E-state index contributed by atoms with van der Waals surface area (Å²) in [6.07, 6.45) is 49.6. The molecule has 0 radical (unpaired) electrons. The summed E-state index contributed by atoms with van der Waals surface area (Å²) in [6.45, 7) is 121. The fraction of sp³-hybridized carbons (Fsp3) is 0.745. The van der Waals surface area contributed by atoms with Crippen LogP contribution in [0.5, 0.6) is 0 Å². The van der Waals surface area contributed by atoms with Crippen LogP contribution < -0.4 is 21.7 Å². The molecule has 11 aliphatic rings. The Labute approximate surface area is 733 Å². The molecule has 2 fully saturated rings. The van der Waals surface area contributed by atoms with Crippen molar-refractivity contribution in [1.29, 1.82) is 0 Å². The Morgan fingerprint density at radius 3 is 0.826 bits per heavy atom. The summed E-state index contributed by atoms with van der Waals surface area (Å²) >= 11 is 0. The van der Waals surface area contributed by atoms with E-state index in [1.54, 1.807) is 6.34 Å². The van der Waals surface area contributed by atoms with Gasteiger partial charge in [0.25, 0.3) is 0 Å². The van der Waals surface area contributed by atoms with E-state index in [2.05, 4.69) is 127 Å². The highest BCUT2D eigenvalue weighted by atomic mass is 16.5. The molecule has 0 spiro atoms. The third-order valence-electron chi connectivity index (χ3n) is 10.7. The van der Waals surface area contributed by atoms with Crippen LogP contribution in [0.25, 0.3) is 0 Å². The molecule has 0 aromatic heterocycles. The Morgan fingerprint density at radius 1 is 0.313 bits per heavy atom. The molecule has 7 heterocycles. The number of nitrogens with one attached hydrogen (secondary N) is 4. The average molecular weight is 1640 g/mol. The first-order chi connectivity index (χ1) is 56.2. The number of ketones is 1. The molecule has 4 aliphatic carbocycles. The highest BCUT2D eigenvalue weighted by Crippen LogP contribution is 2.21. The number of Topliss-reactive ketones (excluding diaryl/α,β-unsaturated/α-hetero) is 1. The SMILES string of the molecule is C.C1=NCCNN1.C1=NNCCC1.C1=NNCCO1.C=C1C=CCC1.C=C1C=CCCC1.C=C1C=NCC1.C=C1CCC=N1.C=C1CCCC1.C=C1CCCC=N1.C=C1CCCCC1.CC.CC.CC.CC.CC.CC.CC.CC.CC.CC.CC.CC.CC.CC.CC.CC.CC.CC.CC.CC.CC.CC.O=C1C=NCCC1. The Hall–Kier alpha value is -5.82. The maximum absolute atomic E-state index is 10.3. The number of nitrogens with zero attached hydrogens (tertiary/aromatic N) is 7. The molecule has 11 rings (SSSR count). The number of hydrogen-bond donors (Lipinski definition) is 4. The summed E-state index contributed by atoms with van der Waals surface area (Å²) in [5.74, 6) is 0.172. The third-order valence-corrected chi connectivity index (χ3v) is 10.7. The molecule has 115 heavy (non-hydrogen) atoms. The van der Waals surface area contributed by atoms with Crippen LogP contribution in [-0.2, 0) is 9.53 Å². The molecule has 0 saturated heterocycles. The Balaban J connectivity index is -0.0000000368. The van der Waals surface area contributed by atoms with Gasteiger partial charge in [0.2, 0.25) is 0 Å². The molecular formula is C102H227N11O2. The van der Waals surface area contributed by atoms with Crippen LogP contribution in [0, 0.1) is 0 Å². The first-order valence-corrected chi connectivity index (χ1v) is 47.9. The second kappa shape index (κ2) is 239. The van der Waals surface area contributed by atoms with Crippen molar-refractivity contribution in [2.24, 2.45) is 35.2 Å². The lowest BCUT2D eigenvalue weighted by atomic mass is 9.97. The zero-order chi connectivity index (χ0) is 94.8. The van der Waals surface area contributed by atoms with E-state index in [9.17, 15) is 4.79 Å². The van der Waals surface area contributed by atoms with Gasteiger partial charge >= 0.3 is 0 Å². The first-order valence-electron chi connectivity index (χ1n) is 47.9. The van der Waals surface area contributed by atoms with Gasteiger partial charge in [-0.2, -0.15) is 5.10 Å². The Morgan fingerprint density at radius 2 is 0.704 bits per heavy atom. The molecule has 4 N–H and O–H groups in total. The van der Waals surface area contributed by atoms with Gasteiger partial charge in [-0.1, -0.05) is 411 Å². The van der Waals surface area contributed by atoms with Gasteiger partial charge in [-0.05, 0) is 147 Å². The number of carbonyl (C=O) groups is 1. The van der Waals surface area contributed by atoms with E-state index in [1.165, 1.54) is 138 Å². The molecule has 0 aromatic rings. The lowest BCUT2D eigenvalue weighted by Gasteiger charge is -2.10. The van der Waals surface area contributed by atoms with Gasteiger partial charge in [0.1, 0.15) is 6.61 Å². The minimum absolute atomic E-state index is 0. The van der Waals surface area contributed by atoms with Crippen LogP contribution in [0.1, 0.15) is 466 Å². The van der Waals surface area contributed by atoms with Crippen molar-refractivity contribution in [2.75, 3.05) is 45.9 Å². The summed E-state index contributed by atoms with van der Waals surface area (Å²) in [7, 11) is 0. The fourth-order valence-electron chi connectivity index (χ4n) is 6.61. The first kappa shape index (κ1) is 172. The predicted molar refractivity (Wildman–Crippen MR) is 562 cm³/mol. The van der Waals surface area contributed by atoms with E-state index in [1.807, 2.05) is 330 Å². The molecule has 0 atom stereocenters. The van der Waals surface area contributed by atoms with E-state index in [-0.39, 0.29) is 13.2 Å². The van der Waals surface area contributed by atoms with E-state index in [0.717, 1.165) is 108 Å². The highest BCUT2D eigenvalue weighted by Gasteiger charge is 2.03. The molecule has 13 nitrogen and oxygen atoms in total. The molecule has 7 aliphatic heterocycles. The highest BCUT2D eigenvalue weighted by molar-refractivity contribution is 6.27. The van der Waals surface area contributed by atoms with E-state index in [0.29, 0.717) is 6.42 Å². The topological polar surface area (TPSA) is 161 Å². The summed E-state index contributed by atoms with van der Waals surface area (Å²) in [5.41, 5.74) is 19.9. The molecule has 0 bridgehead atoms. The molecular weight excluding hydrogens is 1410 g/mol. The summed E-state index contributed by atoms with van der Waals surface area (Å²) < 4.78 is 4.72. The second-order valence-electron chi connectivity index (χ2n) is 17.5. The smallest absolute Gasteiger partial charge is 0.192 e. The lowest BCUT2D eigenvalue weighted by molar-refractivity contribution is -0.112. The van der Waals surface area contributed by atoms with Crippen LogP contribution >= 0.6 is 0 Å². The maximum Gasteiger partial charge on any atom is 0.192 e. The Kier molecular flexibility index (Phi) is 357. The third kappa shape index (κ3) is 234. The second-order valence-corrected chi connectivity index (χ2v) is 17.5. The maximum atomic E-state index is 10.3. The zero-order valence-electron chi connectivity index (χ0n) is 87.2. The van der Waals surface area contributed by atoms with Gasteiger partial charge in [-0.15, -0.1) is 5.10 Å². The number of aliphatic imine (C=N–C) groups is 5. The fourth-order valence-corrected chi connectivity index (χ4v) is 6.61. The normalized spacial score (nSPS) is 13.5.